The first-order valence-electron chi connectivity index (χ1n) is 10.2. The van der Waals surface area contributed by atoms with Gasteiger partial charge in [0.1, 0.15) is 5.75 Å². The zero-order valence-electron chi connectivity index (χ0n) is 17.6. The van der Waals surface area contributed by atoms with Gasteiger partial charge >= 0.3 is 5.97 Å². The maximum absolute atomic E-state index is 11.0. The molecule has 0 unspecified atom stereocenters. The summed E-state index contributed by atoms with van der Waals surface area (Å²) >= 11 is 0. The predicted molar refractivity (Wildman–Crippen MR) is 126 cm³/mol. The lowest BCUT2D eigenvalue weighted by molar-refractivity contribution is 0.0697. The number of carbonyl (C=O) groups is 1. The highest BCUT2D eigenvalue weighted by atomic mass is 16.5. The summed E-state index contributed by atoms with van der Waals surface area (Å²) in [4.78, 5) is 14.0. The van der Waals surface area contributed by atoms with Gasteiger partial charge in [0.2, 0.25) is 0 Å². The number of ether oxygens (including phenoxy) is 1. The number of methoxy groups -OCH3 is 1. The largest absolute Gasteiger partial charge is 0.497 e. The Morgan fingerprint density at radius 1 is 1.00 bits per heavy atom. The SMILES string of the molecule is COc1ccc2[nH]c(O)c(C=c3ccc4c(c3)N=NC=4C=Cc3ccc(C(=O)O)cc3)c2c1. The van der Waals surface area contributed by atoms with Crippen LogP contribution < -0.4 is 15.2 Å². The van der Waals surface area contributed by atoms with Gasteiger partial charge in [-0.3, -0.25) is 0 Å². The van der Waals surface area contributed by atoms with Crippen molar-refractivity contribution in [2.45, 2.75) is 0 Å². The highest BCUT2D eigenvalue weighted by Gasteiger charge is 2.11. The van der Waals surface area contributed by atoms with E-state index in [2.05, 4.69) is 15.2 Å². The molecule has 0 saturated carbocycles. The summed E-state index contributed by atoms with van der Waals surface area (Å²) < 4.78 is 5.31. The summed E-state index contributed by atoms with van der Waals surface area (Å²) in [6.07, 6.45) is 5.61. The predicted octanol–water partition coefficient (Wildman–Crippen LogP) is 4.33. The van der Waals surface area contributed by atoms with Gasteiger partial charge in [-0.15, -0.1) is 10.2 Å². The van der Waals surface area contributed by atoms with Crippen LogP contribution in [0, 0.1) is 0 Å². The Kier molecular flexibility index (Phi) is 4.99. The van der Waals surface area contributed by atoms with Crippen LogP contribution in [0.1, 0.15) is 21.5 Å². The van der Waals surface area contributed by atoms with E-state index in [-0.39, 0.29) is 11.4 Å². The van der Waals surface area contributed by atoms with E-state index >= 15 is 0 Å². The molecule has 0 radical (unpaired) electrons. The van der Waals surface area contributed by atoms with Crippen LogP contribution in [0.3, 0.4) is 0 Å². The maximum Gasteiger partial charge on any atom is 0.335 e. The van der Waals surface area contributed by atoms with Crippen LogP contribution in [-0.2, 0) is 0 Å². The molecule has 1 aliphatic rings. The lowest BCUT2D eigenvalue weighted by Crippen LogP contribution is -2.08. The summed E-state index contributed by atoms with van der Waals surface area (Å²) in [7, 11) is 1.61. The number of aromatic hydroxyl groups is 1. The number of aromatic carboxylic acids is 1. The van der Waals surface area contributed by atoms with Gasteiger partial charge in [0, 0.05) is 21.7 Å². The van der Waals surface area contributed by atoms with Gasteiger partial charge < -0.3 is 19.9 Å². The van der Waals surface area contributed by atoms with Crippen molar-refractivity contribution in [1.29, 1.82) is 0 Å². The number of carboxylic acid groups (broad SMARTS) is 1. The monoisotopic (exact) mass is 437 g/mol. The normalized spacial score (nSPS) is 13.2. The van der Waals surface area contributed by atoms with E-state index in [4.69, 9.17) is 9.84 Å². The van der Waals surface area contributed by atoms with Crippen LogP contribution in [0.15, 0.2) is 77.0 Å². The van der Waals surface area contributed by atoms with E-state index in [1.165, 1.54) is 0 Å². The van der Waals surface area contributed by atoms with Gasteiger partial charge in [0.05, 0.1) is 24.1 Å². The zero-order chi connectivity index (χ0) is 22.9. The summed E-state index contributed by atoms with van der Waals surface area (Å²) in [5.41, 5.74) is 4.06. The molecule has 0 bridgehead atoms. The van der Waals surface area contributed by atoms with Crippen molar-refractivity contribution < 1.29 is 19.7 Å². The molecule has 3 N–H and O–H groups in total. The van der Waals surface area contributed by atoms with Crippen molar-refractivity contribution in [3.8, 4) is 11.6 Å². The third-order valence-electron chi connectivity index (χ3n) is 5.49. The number of hydrogen-bond acceptors (Lipinski definition) is 5. The third-order valence-corrected chi connectivity index (χ3v) is 5.49. The first-order chi connectivity index (χ1) is 16.0. The Balaban J connectivity index is 1.50. The standard InChI is InChI=1S/C26H19N3O4/c1-33-18-8-11-22-20(14-18)21(25(30)27-22)12-16-4-9-19-23(28-29-24(19)13-16)10-5-15-2-6-17(7-3-15)26(31)32/h2-14,27,30H,1H3,(H,31,32). The van der Waals surface area contributed by atoms with Crippen molar-refractivity contribution in [3.05, 3.63) is 93.9 Å². The molecule has 33 heavy (non-hydrogen) atoms. The molecule has 0 fully saturated rings. The number of carboxylic acids is 1. The van der Waals surface area contributed by atoms with Gasteiger partial charge in [-0.1, -0.05) is 24.3 Å². The van der Waals surface area contributed by atoms with Gasteiger partial charge in [-0.25, -0.2) is 4.79 Å². The fourth-order valence-corrected chi connectivity index (χ4v) is 3.75. The van der Waals surface area contributed by atoms with Crippen molar-refractivity contribution in [1.82, 2.24) is 4.98 Å². The molecule has 0 atom stereocenters. The average Bonchev–Trinajstić information content (AvgIpc) is 3.37. The molecule has 7 heteroatoms. The second-order valence-corrected chi connectivity index (χ2v) is 7.57. The minimum absolute atomic E-state index is 0.0875. The molecule has 0 amide bonds. The van der Waals surface area contributed by atoms with Crippen LogP contribution in [-0.4, -0.2) is 28.3 Å². The number of nitrogens with one attached hydrogen (secondary N) is 1. The Morgan fingerprint density at radius 3 is 2.58 bits per heavy atom. The summed E-state index contributed by atoms with van der Waals surface area (Å²) in [5, 5.41) is 30.6. The second kappa shape index (κ2) is 8.12. The molecule has 0 saturated heterocycles. The molecule has 4 aromatic rings. The van der Waals surface area contributed by atoms with Crippen LogP contribution >= 0.6 is 0 Å². The minimum Gasteiger partial charge on any atom is -0.497 e. The molecule has 7 nitrogen and oxygen atoms in total. The quantitative estimate of drug-likeness (QED) is 0.432. The Hall–Kier alpha value is -4.65. The number of aromatic nitrogens is 1. The fraction of sp³-hybridized carbons (Fsp3) is 0.0385. The van der Waals surface area contributed by atoms with E-state index in [0.717, 1.165) is 38.3 Å². The van der Waals surface area contributed by atoms with Crippen LogP contribution in [0.2, 0.25) is 0 Å². The van der Waals surface area contributed by atoms with Crippen molar-refractivity contribution in [2.75, 3.05) is 7.11 Å². The summed E-state index contributed by atoms with van der Waals surface area (Å²) in [6, 6.07) is 18.0. The lowest BCUT2D eigenvalue weighted by atomic mass is 10.1. The Bertz CT molecular complexity index is 1580. The number of benzene rings is 3. The van der Waals surface area contributed by atoms with E-state index < -0.39 is 5.97 Å². The molecular weight excluding hydrogens is 418 g/mol. The number of rotatable bonds is 5. The number of nitrogens with zero attached hydrogens (tertiary/aromatic N) is 2. The van der Waals surface area contributed by atoms with Crippen LogP contribution in [0.4, 0.5) is 5.69 Å². The van der Waals surface area contributed by atoms with Gasteiger partial charge in [-0.2, -0.15) is 0 Å². The number of aromatic amines is 1. The fourth-order valence-electron chi connectivity index (χ4n) is 3.75. The van der Waals surface area contributed by atoms with Crippen molar-refractivity contribution >= 4 is 40.4 Å². The Morgan fingerprint density at radius 2 is 1.82 bits per heavy atom. The van der Waals surface area contributed by atoms with Crippen molar-refractivity contribution in [3.63, 3.8) is 0 Å². The number of H-pyrrole nitrogens is 1. The number of azo groups is 1. The molecule has 162 valence electrons. The zero-order valence-corrected chi connectivity index (χ0v) is 17.6. The first kappa shape index (κ1) is 20.3. The maximum atomic E-state index is 11.0. The molecule has 3 aromatic carbocycles. The molecular formula is C26H19N3O4. The number of fused-ring (bicyclic) bond motifs is 2. The van der Waals surface area contributed by atoms with Crippen LogP contribution in [0.5, 0.6) is 11.6 Å². The smallest absolute Gasteiger partial charge is 0.335 e. The van der Waals surface area contributed by atoms with E-state index in [1.54, 1.807) is 31.4 Å². The second-order valence-electron chi connectivity index (χ2n) is 7.57. The summed E-state index contributed by atoms with van der Waals surface area (Å²) in [5.74, 6) is -0.155. The average molecular weight is 437 g/mol. The lowest BCUT2D eigenvalue weighted by Gasteiger charge is -1.99. The topological polar surface area (TPSA) is 107 Å². The van der Waals surface area contributed by atoms with Crippen molar-refractivity contribution in [2.24, 2.45) is 10.2 Å². The molecule has 2 heterocycles. The third kappa shape index (κ3) is 3.87. The van der Waals surface area contributed by atoms with Gasteiger partial charge in [0.15, 0.2) is 5.88 Å². The molecule has 0 spiro atoms. The van der Waals surface area contributed by atoms with E-state index in [0.29, 0.717) is 11.3 Å². The van der Waals surface area contributed by atoms with Gasteiger partial charge in [-0.05, 0) is 65.4 Å². The number of hydrogen-bond donors (Lipinski definition) is 3. The summed E-state index contributed by atoms with van der Waals surface area (Å²) in [6.45, 7) is 0. The molecule has 0 aliphatic carbocycles. The highest BCUT2D eigenvalue weighted by Crippen LogP contribution is 2.30. The highest BCUT2D eigenvalue weighted by molar-refractivity contribution is 5.93. The van der Waals surface area contributed by atoms with E-state index in [1.807, 2.05) is 54.6 Å². The first-order valence-corrected chi connectivity index (χ1v) is 10.2. The van der Waals surface area contributed by atoms with Gasteiger partial charge in [0.25, 0.3) is 0 Å². The molecule has 5 rings (SSSR count). The van der Waals surface area contributed by atoms with Crippen LogP contribution in [0.25, 0.3) is 28.8 Å². The minimum atomic E-state index is -0.953. The molecule has 1 aromatic heterocycles. The molecule has 1 aliphatic heterocycles. The Labute approximate surface area is 188 Å². The van der Waals surface area contributed by atoms with E-state index in [9.17, 15) is 9.90 Å².